The summed E-state index contributed by atoms with van der Waals surface area (Å²) in [6, 6.07) is 3.86. The smallest absolute Gasteiger partial charge is 0.226 e. The maximum absolute atomic E-state index is 12.8. The minimum Gasteiger partial charge on any atom is -0.386 e. The number of aliphatic hydroxyl groups excluding tert-OH is 1. The lowest BCUT2D eigenvalue weighted by molar-refractivity contribution is -0.146. The summed E-state index contributed by atoms with van der Waals surface area (Å²) in [5.74, 6) is 2.55. The van der Waals surface area contributed by atoms with Crippen LogP contribution in [0.3, 0.4) is 0 Å². The van der Waals surface area contributed by atoms with E-state index in [0.29, 0.717) is 6.54 Å². The summed E-state index contributed by atoms with van der Waals surface area (Å²) in [5.41, 5.74) is -0.107. The molecule has 2 N–H and O–H groups in total. The molecule has 3 nitrogen and oxygen atoms in total. The van der Waals surface area contributed by atoms with E-state index < -0.39 is 6.10 Å². The molecule has 1 atom stereocenters. The monoisotopic (exact) mass is 305 g/mol. The van der Waals surface area contributed by atoms with Crippen LogP contribution in [0.5, 0.6) is 0 Å². The number of aliphatic hydroxyl groups is 1. The van der Waals surface area contributed by atoms with Gasteiger partial charge in [0.1, 0.15) is 6.10 Å². The first-order chi connectivity index (χ1) is 10.1. The Balaban J connectivity index is 1.41. The van der Waals surface area contributed by atoms with Crippen LogP contribution < -0.4 is 5.32 Å². The highest BCUT2D eigenvalue weighted by Crippen LogP contribution is 2.60. The van der Waals surface area contributed by atoms with Gasteiger partial charge in [-0.2, -0.15) is 0 Å². The van der Waals surface area contributed by atoms with Crippen LogP contribution in [-0.4, -0.2) is 17.6 Å². The summed E-state index contributed by atoms with van der Waals surface area (Å²) >= 11 is 1.54. The molecule has 1 unspecified atom stereocenters. The highest BCUT2D eigenvalue weighted by Gasteiger charge is 2.54. The van der Waals surface area contributed by atoms with Gasteiger partial charge in [0, 0.05) is 16.8 Å². The molecule has 114 valence electrons. The Morgan fingerprint density at radius 1 is 1.29 bits per heavy atom. The molecule has 1 heterocycles. The van der Waals surface area contributed by atoms with E-state index in [4.69, 9.17) is 0 Å². The number of thiophene rings is 1. The predicted octanol–water partition coefficient (Wildman–Crippen LogP) is 3.11. The quantitative estimate of drug-likeness (QED) is 0.898. The molecule has 4 heteroatoms. The SMILES string of the molecule is O=C(NCC(O)c1cccs1)C12CC3CC(CC(C3)C1)C2. The maximum atomic E-state index is 12.8. The van der Waals surface area contributed by atoms with Crippen molar-refractivity contribution in [2.24, 2.45) is 23.2 Å². The molecule has 1 aromatic rings. The van der Waals surface area contributed by atoms with E-state index in [1.54, 1.807) is 11.3 Å². The molecule has 4 aliphatic carbocycles. The van der Waals surface area contributed by atoms with E-state index in [-0.39, 0.29) is 11.3 Å². The molecule has 0 saturated heterocycles. The van der Waals surface area contributed by atoms with Crippen molar-refractivity contribution in [3.05, 3.63) is 22.4 Å². The Kier molecular flexibility index (Phi) is 3.34. The van der Waals surface area contributed by atoms with Crippen LogP contribution in [0.2, 0.25) is 0 Å². The summed E-state index contributed by atoms with van der Waals surface area (Å²) in [6.07, 6.45) is 6.74. The third kappa shape index (κ3) is 2.42. The Morgan fingerprint density at radius 2 is 1.90 bits per heavy atom. The first-order valence-electron chi connectivity index (χ1n) is 8.14. The van der Waals surface area contributed by atoms with E-state index in [1.165, 1.54) is 19.3 Å². The Bertz CT molecular complexity index is 490. The zero-order chi connectivity index (χ0) is 14.4. The molecule has 5 rings (SSSR count). The van der Waals surface area contributed by atoms with Crippen LogP contribution in [0.25, 0.3) is 0 Å². The van der Waals surface area contributed by atoms with Gasteiger partial charge in [-0.25, -0.2) is 0 Å². The summed E-state index contributed by atoms with van der Waals surface area (Å²) in [6.45, 7) is 0.348. The molecule has 4 aliphatic rings. The zero-order valence-electron chi connectivity index (χ0n) is 12.3. The zero-order valence-corrected chi connectivity index (χ0v) is 13.1. The van der Waals surface area contributed by atoms with Gasteiger partial charge in [-0.05, 0) is 67.7 Å². The van der Waals surface area contributed by atoms with Crippen molar-refractivity contribution in [2.45, 2.75) is 44.6 Å². The topological polar surface area (TPSA) is 49.3 Å². The molecule has 1 aromatic heterocycles. The second-order valence-electron chi connectivity index (χ2n) is 7.44. The predicted molar refractivity (Wildman–Crippen MR) is 82.9 cm³/mol. The van der Waals surface area contributed by atoms with Gasteiger partial charge in [0.2, 0.25) is 5.91 Å². The van der Waals surface area contributed by atoms with Crippen molar-refractivity contribution in [2.75, 3.05) is 6.54 Å². The fourth-order valence-electron chi connectivity index (χ4n) is 5.35. The van der Waals surface area contributed by atoms with Crippen LogP contribution in [0.15, 0.2) is 17.5 Å². The van der Waals surface area contributed by atoms with Gasteiger partial charge in [-0.15, -0.1) is 11.3 Å². The first kappa shape index (κ1) is 13.8. The number of amides is 1. The molecule has 0 radical (unpaired) electrons. The molecule has 4 fully saturated rings. The van der Waals surface area contributed by atoms with Gasteiger partial charge in [-0.1, -0.05) is 6.07 Å². The van der Waals surface area contributed by atoms with Crippen molar-refractivity contribution in [3.63, 3.8) is 0 Å². The van der Waals surface area contributed by atoms with Crippen LogP contribution >= 0.6 is 11.3 Å². The normalized spacial score (nSPS) is 38.4. The molecule has 0 spiro atoms. The molecular weight excluding hydrogens is 282 g/mol. The van der Waals surface area contributed by atoms with Crippen LogP contribution in [0.4, 0.5) is 0 Å². The lowest BCUT2D eigenvalue weighted by Gasteiger charge is -2.55. The fraction of sp³-hybridized carbons (Fsp3) is 0.706. The highest BCUT2D eigenvalue weighted by atomic mass is 32.1. The van der Waals surface area contributed by atoms with Crippen molar-refractivity contribution in [1.82, 2.24) is 5.32 Å². The summed E-state index contributed by atoms with van der Waals surface area (Å²) in [7, 11) is 0. The summed E-state index contributed by atoms with van der Waals surface area (Å²) < 4.78 is 0. The van der Waals surface area contributed by atoms with Crippen molar-refractivity contribution in [1.29, 1.82) is 0 Å². The molecule has 21 heavy (non-hydrogen) atoms. The number of rotatable bonds is 4. The lowest BCUT2D eigenvalue weighted by atomic mass is 9.49. The molecule has 0 aromatic carbocycles. The van der Waals surface area contributed by atoms with Crippen molar-refractivity contribution >= 4 is 17.2 Å². The Labute approximate surface area is 129 Å². The standard InChI is InChI=1S/C17H23NO2S/c19-14(15-2-1-3-21-15)10-18-16(20)17-7-11-4-12(8-17)6-13(5-11)9-17/h1-3,11-14,19H,4-10H2,(H,18,20). The molecule has 0 aliphatic heterocycles. The van der Waals surface area contributed by atoms with E-state index in [9.17, 15) is 9.90 Å². The van der Waals surface area contributed by atoms with Crippen LogP contribution in [0, 0.1) is 23.2 Å². The Morgan fingerprint density at radius 3 is 2.43 bits per heavy atom. The van der Waals surface area contributed by atoms with Gasteiger partial charge >= 0.3 is 0 Å². The molecule has 4 saturated carbocycles. The molecule has 4 bridgehead atoms. The van der Waals surface area contributed by atoms with E-state index >= 15 is 0 Å². The minimum absolute atomic E-state index is 0.107. The summed E-state index contributed by atoms with van der Waals surface area (Å²) in [5, 5.41) is 15.1. The van der Waals surface area contributed by atoms with Crippen molar-refractivity contribution in [3.8, 4) is 0 Å². The second kappa shape index (κ2) is 5.10. The van der Waals surface area contributed by atoms with Gasteiger partial charge < -0.3 is 10.4 Å². The number of hydrogen-bond donors (Lipinski definition) is 2. The lowest BCUT2D eigenvalue weighted by Crippen LogP contribution is -2.54. The van der Waals surface area contributed by atoms with E-state index in [1.807, 2.05) is 17.5 Å². The Hall–Kier alpha value is -0.870. The second-order valence-corrected chi connectivity index (χ2v) is 8.42. The van der Waals surface area contributed by atoms with Gasteiger partial charge in [0.25, 0.3) is 0 Å². The number of nitrogens with one attached hydrogen (secondary N) is 1. The van der Waals surface area contributed by atoms with Gasteiger partial charge in [-0.3, -0.25) is 4.79 Å². The third-order valence-electron chi connectivity index (χ3n) is 5.85. The molecular formula is C17H23NO2S. The summed E-state index contributed by atoms with van der Waals surface area (Å²) in [4.78, 5) is 13.7. The highest BCUT2D eigenvalue weighted by molar-refractivity contribution is 7.10. The van der Waals surface area contributed by atoms with E-state index in [0.717, 1.165) is 41.9 Å². The minimum atomic E-state index is -0.567. The molecule has 1 amide bonds. The average molecular weight is 305 g/mol. The number of carbonyl (C=O) groups is 1. The maximum Gasteiger partial charge on any atom is 0.226 e. The fourth-order valence-corrected chi connectivity index (χ4v) is 6.06. The van der Waals surface area contributed by atoms with Crippen LogP contribution in [-0.2, 0) is 4.79 Å². The van der Waals surface area contributed by atoms with E-state index in [2.05, 4.69) is 5.32 Å². The third-order valence-corrected chi connectivity index (χ3v) is 6.82. The van der Waals surface area contributed by atoms with Gasteiger partial charge in [0.15, 0.2) is 0 Å². The average Bonchev–Trinajstić information content (AvgIpc) is 2.97. The number of hydrogen-bond acceptors (Lipinski definition) is 3. The largest absolute Gasteiger partial charge is 0.386 e. The van der Waals surface area contributed by atoms with Crippen molar-refractivity contribution < 1.29 is 9.90 Å². The van der Waals surface area contributed by atoms with Crippen LogP contribution in [0.1, 0.15) is 49.5 Å². The first-order valence-corrected chi connectivity index (χ1v) is 9.02. The van der Waals surface area contributed by atoms with Gasteiger partial charge in [0.05, 0.1) is 0 Å². The number of carbonyl (C=O) groups excluding carboxylic acids is 1.